The Balaban J connectivity index is 2.24. The monoisotopic (exact) mass is 272 g/mol. The Kier molecular flexibility index (Phi) is 3.89. The molecule has 1 aromatic heterocycles. The molecule has 0 aliphatic rings. The third-order valence-electron chi connectivity index (χ3n) is 3.00. The molecular weight excluding hydrogens is 256 g/mol. The molecule has 0 atom stereocenters. The maximum atomic E-state index is 12.1. The van der Waals surface area contributed by atoms with Gasteiger partial charge < -0.3 is 15.1 Å². The van der Waals surface area contributed by atoms with Crippen LogP contribution in [0.4, 0.5) is 11.4 Å². The van der Waals surface area contributed by atoms with Gasteiger partial charge in [0.25, 0.3) is 5.91 Å². The van der Waals surface area contributed by atoms with E-state index in [1.165, 1.54) is 13.2 Å². The first-order valence-corrected chi connectivity index (χ1v) is 6.21. The molecule has 104 valence electrons. The van der Waals surface area contributed by atoms with E-state index in [0.717, 1.165) is 5.56 Å². The summed E-state index contributed by atoms with van der Waals surface area (Å²) < 4.78 is 5.11. The van der Waals surface area contributed by atoms with Crippen LogP contribution in [0, 0.1) is 13.8 Å². The van der Waals surface area contributed by atoms with E-state index in [2.05, 4.69) is 10.6 Å². The summed E-state index contributed by atoms with van der Waals surface area (Å²) in [7, 11) is 0. The molecule has 1 heterocycles. The maximum absolute atomic E-state index is 12.1. The van der Waals surface area contributed by atoms with Crippen molar-refractivity contribution in [2.75, 3.05) is 10.6 Å². The molecule has 2 aromatic rings. The van der Waals surface area contributed by atoms with Crippen LogP contribution in [0.1, 0.15) is 28.6 Å². The van der Waals surface area contributed by atoms with Crippen LogP contribution in [-0.4, -0.2) is 11.8 Å². The van der Waals surface area contributed by atoms with Crippen LogP contribution < -0.4 is 10.6 Å². The van der Waals surface area contributed by atoms with Crippen molar-refractivity contribution in [3.05, 3.63) is 47.4 Å². The lowest BCUT2D eigenvalue weighted by Crippen LogP contribution is -2.14. The van der Waals surface area contributed by atoms with Crippen molar-refractivity contribution >= 4 is 23.2 Å². The van der Waals surface area contributed by atoms with Gasteiger partial charge in [-0.2, -0.15) is 0 Å². The first-order chi connectivity index (χ1) is 9.49. The summed E-state index contributed by atoms with van der Waals surface area (Å²) in [5, 5.41) is 5.54. The van der Waals surface area contributed by atoms with Crippen molar-refractivity contribution in [2.45, 2.75) is 20.8 Å². The molecule has 0 radical (unpaired) electrons. The highest BCUT2D eigenvalue weighted by Gasteiger charge is 2.13. The van der Waals surface area contributed by atoms with Crippen LogP contribution in [0.3, 0.4) is 0 Å². The molecule has 2 amide bonds. The number of amides is 2. The van der Waals surface area contributed by atoms with E-state index in [4.69, 9.17) is 4.42 Å². The van der Waals surface area contributed by atoms with Gasteiger partial charge in [-0.15, -0.1) is 0 Å². The maximum Gasteiger partial charge on any atom is 0.259 e. The number of hydrogen-bond donors (Lipinski definition) is 2. The van der Waals surface area contributed by atoms with Crippen molar-refractivity contribution in [3.63, 3.8) is 0 Å². The van der Waals surface area contributed by atoms with E-state index < -0.39 is 0 Å². The largest absolute Gasteiger partial charge is 0.469 e. The summed E-state index contributed by atoms with van der Waals surface area (Å²) in [5.41, 5.74) is 2.63. The lowest BCUT2D eigenvalue weighted by molar-refractivity contribution is -0.114. The van der Waals surface area contributed by atoms with Crippen molar-refractivity contribution in [1.29, 1.82) is 0 Å². The topological polar surface area (TPSA) is 71.3 Å². The first kappa shape index (κ1) is 13.9. The SMILES string of the molecule is CC(=O)Nc1cccc(NC(=O)c2ccoc2C)c1C. The Morgan fingerprint density at radius 3 is 2.25 bits per heavy atom. The standard InChI is InChI=1S/C15H16N2O3/c1-9-13(16-11(3)18)5-4-6-14(9)17-15(19)12-7-8-20-10(12)2/h4-8H,1-3H3,(H,16,18)(H,17,19). The second kappa shape index (κ2) is 5.61. The summed E-state index contributed by atoms with van der Waals surface area (Å²) >= 11 is 0. The predicted octanol–water partition coefficient (Wildman–Crippen LogP) is 3.11. The summed E-state index contributed by atoms with van der Waals surface area (Å²) in [6.07, 6.45) is 1.48. The van der Waals surface area contributed by atoms with Crippen LogP contribution in [0.5, 0.6) is 0 Å². The Bertz CT molecular complexity index is 659. The third kappa shape index (κ3) is 2.88. The average Bonchev–Trinajstić information content (AvgIpc) is 2.80. The molecule has 0 spiro atoms. The van der Waals surface area contributed by atoms with E-state index in [1.807, 2.05) is 6.92 Å². The average molecular weight is 272 g/mol. The molecule has 2 rings (SSSR count). The fraction of sp³-hybridized carbons (Fsp3) is 0.200. The van der Waals surface area contributed by atoms with Crippen LogP contribution in [0.2, 0.25) is 0 Å². The summed E-state index contributed by atoms with van der Waals surface area (Å²) in [6, 6.07) is 6.97. The Morgan fingerprint density at radius 1 is 1.05 bits per heavy atom. The highest BCUT2D eigenvalue weighted by Crippen LogP contribution is 2.24. The molecule has 0 aliphatic carbocycles. The fourth-order valence-electron chi connectivity index (χ4n) is 1.91. The van der Waals surface area contributed by atoms with Gasteiger partial charge in [-0.25, -0.2) is 0 Å². The molecule has 0 saturated carbocycles. The molecule has 0 fully saturated rings. The van der Waals surface area contributed by atoms with E-state index in [-0.39, 0.29) is 11.8 Å². The van der Waals surface area contributed by atoms with Crippen LogP contribution in [0.25, 0.3) is 0 Å². The zero-order chi connectivity index (χ0) is 14.7. The Hall–Kier alpha value is -2.56. The Labute approximate surface area is 117 Å². The Morgan fingerprint density at radius 2 is 1.70 bits per heavy atom. The molecule has 20 heavy (non-hydrogen) atoms. The van der Waals surface area contributed by atoms with Crippen molar-refractivity contribution in [3.8, 4) is 0 Å². The van der Waals surface area contributed by atoms with E-state index in [1.54, 1.807) is 31.2 Å². The fourth-order valence-corrected chi connectivity index (χ4v) is 1.91. The zero-order valence-corrected chi connectivity index (χ0v) is 11.6. The van der Waals surface area contributed by atoms with Gasteiger partial charge in [0, 0.05) is 18.3 Å². The number of hydrogen-bond acceptors (Lipinski definition) is 3. The number of aryl methyl sites for hydroxylation is 1. The van der Waals surface area contributed by atoms with Gasteiger partial charge in [-0.1, -0.05) is 6.07 Å². The molecule has 0 unspecified atom stereocenters. The second-order valence-corrected chi connectivity index (χ2v) is 4.50. The molecule has 5 heteroatoms. The number of anilines is 2. The van der Waals surface area contributed by atoms with Gasteiger partial charge in [-0.3, -0.25) is 9.59 Å². The van der Waals surface area contributed by atoms with Gasteiger partial charge in [0.15, 0.2) is 0 Å². The van der Waals surface area contributed by atoms with Crippen LogP contribution >= 0.6 is 0 Å². The van der Waals surface area contributed by atoms with E-state index in [0.29, 0.717) is 22.7 Å². The van der Waals surface area contributed by atoms with Gasteiger partial charge >= 0.3 is 0 Å². The number of rotatable bonds is 3. The first-order valence-electron chi connectivity index (χ1n) is 6.21. The molecular formula is C15H16N2O3. The van der Waals surface area contributed by atoms with Gasteiger partial charge in [0.1, 0.15) is 5.76 Å². The second-order valence-electron chi connectivity index (χ2n) is 4.50. The lowest BCUT2D eigenvalue weighted by Gasteiger charge is -2.12. The van der Waals surface area contributed by atoms with E-state index in [9.17, 15) is 9.59 Å². The lowest BCUT2D eigenvalue weighted by atomic mass is 10.1. The normalized spacial score (nSPS) is 10.2. The number of benzene rings is 1. The third-order valence-corrected chi connectivity index (χ3v) is 3.00. The quantitative estimate of drug-likeness (QED) is 0.901. The molecule has 0 bridgehead atoms. The molecule has 1 aromatic carbocycles. The minimum atomic E-state index is -0.237. The molecule has 2 N–H and O–H groups in total. The van der Waals surface area contributed by atoms with Gasteiger partial charge in [-0.05, 0) is 37.6 Å². The highest BCUT2D eigenvalue weighted by molar-refractivity contribution is 6.05. The number of carbonyl (C=O) groups is 2. The van der Waals surface area contributed by atoms with Gasteiger partial charge in [0.2, 0.25) is 5.91 Å². The van der Waals surface area contributed by atoms with Crippen LogP contribution in [0.15, 0.2) is 34.9 Å². The summed E-state index contributed by atoms with van der Waals surface area (Å²) in [4.78, 5) is 23.2. The molecule has 0 saturated heterocycles. The van der Waals surface area contributed by atoms with Crippen LogP contribution in [-0.2, 0) is 4.79 Å². The predicted molar refractivity (Wildman–Crippen MR) is 76.9 cm³/mol. The number of furan rings is 1. The van der Waals surface area contributed by atoms with Crippen molar-refractivity contribution in [1.82, 2.24) is 0 Å². The molecule has 0 aliphatic heterocycles. The summed E-state index contributed by atoms with van der Waals surface area (Å²) in [5.74, 6) is 0.180. The van der Waals surface area contributed by atoms with Crippen molar-refractivity contribution < 1.29 is 14.0 Å². The summed E-state index contributed by atoms with van der Waals surface area (Å²) in [6.45, 7) is 5.01. The van der Waals surface area contributed by atoms with Gasteiger partial charge in [0.05, 0.1) is 11.8 Å². The molecule has 5 nitrogen and oxygen atoms in total. The minimum Gasteiger partial charge on any atom is -0.469 e. The number of carbonyl (C=O) groups excluding carboxylic acids is 2. The number of nitrogens with one attached hydrogen (secondary N) is 2. The zero-order valence-electron chi connectivity index (χ0n) is 11.6. The van der Waals surface area contributed by atoms with E-state index >= 15 is 0 Å². The minimum absolute atomic E-state index is 0.151. The smallest absolute Gasteiger partial charge is 0.259 e. The highest BCUT2D eigenvalue weighted by atomic mass is 16.3. The van der Waals surface area contributed by atoms with Crippen molar-refractivity contribution in [2.24, 2.45) is 0 Å².